The van der Waals surface area contributed by atoms with E-state index >= 15 is 0 Å². The SMILES string of the molecule is CS(=O)(=O)c1cc(CBr)ccn1. The fourth-order valence-electron chi connectivity index (χ4n) is 0.736. The second-order valence-electron chi connectivity index (χ2n) is 2.41. The maximum absolute atomic E-state index is 11.0. The zero-order chi connectivity index (χ0) is 9.19. The molecule has 0 aliphatic heterocycles. The first-order valence-corrected chi connectivity index (χ1v) is 6.26. The van der Waals surface area contributed by atoms with Gasteiger partial charge in [-0.25, -0.2) is 13.4 Å². The van der Waals surface area contributed by atoms with Crippen LogP contribution in [0.4, 0.5) is 0 Å². The Morgan fingerprint density at radius 1 is 1.58 bits per heavy atom. The van der Waals surface area contributed by atoms with Gasteiger partial charge in [-0.3, -0.25) is 0 Å². The van der Waals surface area contributed by atoms with E-state index in [0.29, 0.717) is 5.33 Å². The molecule has 0 aliphatic rings. The van der Waals surface area contributed by atoms with Gasteiger partial charge in [-0.05, 0) is 17.7 Å². The molecule has 0 radical (unpaired) electrons. The second kappa shape index (κ2) is 3.53. The predicted molar refractivity (Wildman–Crippen MR) is 50.0 cm³/mol. The highest BCUT2D eigenvalue weighted by atomic mass is 79.9. The zero-order valence-electron chi connectivity index (χ0n) is 6.49. The maximum atomic E-state index is 11.0. The lowest BCUT2D eigenvalue weighted by Crippen LogP contribution is -2.00. The summed E-state index contributed by atoms with van der Waals surface area (Å²) in [4.78, 5) is 3.75. The van der Waals surface area contributed by atoms with Gasteiger partial charge in [-0.1, -0.05) is 15.9 Å². The average molecular weight is 250 g/mol. The molecule has 0 unspecified atom stereocenters. The highest BCUT2D eigenvalue weighted by Gasteiger charge is 2.07. The summed E-state index contributed by atoms with van der Waals surface area (Å²) in [5.74, 6) is 0. The van der Waals surface area contributed by atoms with E-state index in [1.165, 1.54) is 6.20 Å². The highest BCUT2D eigenvalue weighted by Crippen LogP contribution is 2.10. The number of pyridine rings is 1. The van der Waals surface area contributed by atoms with Gasteiger partial charge in [0.1, 0.15) is 0 Å². The fourth-order valence-corrected chi connectivity index (χ4v) is 1.70. The van der Waals surface area contributed by atoms with Crippen LogP contribution in [-0.2, 0) is 15.2 Å². The molecule has 0 aromatic carbocycles. The van der Waals surface area contributed by atoms with Crippen LogP contribution in [0, 0.1) is 0 Å². The Morgan fingerprint density at radius 2 is 2.25 bits per heavy atom. The number of hydrogen-bond acceptors (Lipinski definition) is 3. The van der Waals surface area contributed by atoms with E-state index in [4.69, 9.17) is 0 Å². The van der Waals surface area contributed by atoms with Gasteiger partial charge in [-0.15, -0.1) is 0 Å². The van der Waals surface area contributed by atoms with Crippen LogP contribution in [-0.4, -0.2) is 19.7 Å². The van der Waals surface area contributed by atoms with Crippen molar-refractivity contribution >= 4 is 25.8 Å². The zero-order valence-corrected chi connectivity index (χ0v) is 8.89. The molecule has 0 amide bonds. The molecule has 3 nitrogen and oxygen atoms in total. The molecule has 0 saturated heterocycles. The van der Waals surface area contributed by atoms with Crippen LogP contribution < -0.4 is 0 Å². The molecule has 0 aliphatic carbocycles. The van der Waals surface area contributed by atoms with Gasteiger partial charge in [0.25, 0.3) is 0 Å². The molecule has 12 heavy (non-hydrogen) atoms. The Morgan fingerprint density at radius 3 is 2.75 bits per heavy atom. The van der Waals surface area contributed by atoms with E-state index in [1.54, 1.807) is 12.1 Å². The first kappa shape index (κ1) is 9.67. The number of alkyl halides is 1. The molecule has 0 saturated carbocycles. The van der Waals surface area contributed by atoms with Gasteiger partial charge in [0.05, 0.1) is 0 Å². The standard InChI is InChI=1S/C7H8BrNO2S/c1-12(10,11)7-4-6(5-8)2-3-9-7/h2-4H,5H2,1H3. The summed E-state index contributed by atoms with van der Waals surface area (Å²) in [5.41, 5.74) is 0.908. The van der Waals surface area contributed by atoms with Crippen LogP contribution in [0.1, 0.15) is 5.56 Å². The minimum atomic E-state index is -3.17. The number of nitrogens with zero attached hydrogens (tertiary/aromatic N) is 1. The summed E-state index contributed by atoms with van der Waals surface area (Å²) < 4.78 is 22.0. The summed E-state index contributed by atoms with van der Waals surface area (Å²) in [6.07, 6.45) is 2.64. The Kier molecular flexibility index (Phi) is 2.85. The molecule has 66 valence electrons. The van der Waals surface area contributed by atoms with Crippen molar-refractivity contribution < 1.29 is 8.42 Å². The lowest BCUT2D eigenvalue weighted by atomic mass is 10.3. The first-order chi connectivity index (χ1) is 5.54. The summed E-state index contributed by atoms with van der Waals surface area (Å²) in [7, 11) is -3.17. The van der Waals surface area contributed by atoms with E-state index in [2.05, 4.69) is 20.9 Å². The largest absolute Gasteiger partial charge is 0.245 e. The molecule has 5 heteroatoms. The van der Waals surface area contributed by atoms with Crippen molar-refractivity contribution in [1.29, 1.82) is 0 Å². The maximum Gasteiger partial charge on any atom is 0.192 e. The summed E-state index contributed by atoms with van der Waals surface area (Å²) >= 11 is 3.24. The van der Waals surface area contributed by atoms with Gasteiger partial charge >= 0.3 is 0 Å². The van der Waals surface area contributed by atoms with Crippen molar-refractivity contribution in [3.05, 3.63) is 23.9 Å². The smallest absolute Gasteiger partial charge is 0.192 e. The van der Waals surface area contributed by atoms with Crippen LogP contribution in [0.15, 0.2) is 23.4 Å². The number of aromatic nitrogens is 1. The molecule has 1 rings (SSSR count). The van der Waals surface area contributed by atoms with Crippen molar-refractivity contribution in [2.24, 2.45) is 0 Å². The molecule has 0 spiro atoms. The first-order valence-electron chi connectivity index (χ1n) is 3.25. The third kappa shape index (κ3) is 2.28. The molecular weight excluding hydrogens is 242 g/mol. The quantitative estimate of drug-likeness (QED) is 0.745. The van der Waals surface area contributed by atoms with E-state index in [1.807, 2.05) is 0 Å². The van der Waals surface area contributed by atoms with Crippen molar-refractivity contribution in [1.82, 2.24) is 4.98 Å². The minimum absolute atomic E-state index is 0.124. The number of hydrogen-bond donors (Lipinski definition) is 0. The Hall–Kier alpha value is -0.420. The van der Waals surface area contributed by atoms with Crippen LogP contribution in [0.5, 0.6) is 0 Å². The van der Waals surface area contributed by atoms with Gasteiger partial charge in [0.2, 0.25) is 0 Å². The lowest BCUT2D eigenvalue weighted by Gasteiger charge is -1.98. The average Bonchev–Trinajstić information content (AvgIpc) is 2.03. The summed E-state index contributed by atoms with van der Waals surface area (Å²) in [6, 6.07) is 3.33. The van der Waals surface area contributed by atoms with E-state index < -0.39 is 9.84 Å². The van der Waals surface area contributed by atoms with Crippen LogP contribution in [0.3, 0.4) is 0 Å². The molecule has 0 N–H and O–H groups in total. The molecule has 0 bridgehead atoms. The Bertz CT molecular complexity index is 375. The van der Waals surface area contributed by atoms with Gasteiger partial charge in [0.15, 0.2) is 14.9 Å². The summed E-state index contributed by atoms with van der Waals surface area (Å²) in [5, 5.41) is 0.761. The molecular formula is C7H8BrNO2S. The third-order valence-corrected chi connectivity index (χ3v) is 2.96. The normalized spacial score (nSPS) is 11.5. The van der Waals surface area contributed by atoms with Gasteiger partial charge in [-0.2, -0.15) is 0 Å². The van der Waals surface area contributed by atoms with E-state index in [9.17, 15) is 8.42 Å². The van der Waals surface area contributed by atoms with Gasteiger partial charge in [0, 0.05) is 17.8 Å². The monoisotopic (exact) mass is 249 g/mol. The van der Waals surface area contributed by atoms with Crippen molar-refractivity contribution in [2.75, 3.05) is 6.26 Å². The fraction of sp³-hybridized carbons (Fsp3) is 0.286. The predicted octanol–water partition coefficient (Wildman–Crippen LogP) is 1.38. The number of sulfone groups is 1. The molecule has 0 fully saturated rings. The minimum Gasteiger partial charge on any atom is -0.245 e. The van der Waals surface area contributed by atoms with E-state index in [-0.39, 0.29) is 5.03 Å². The molecule has 1 aromatic heterocycles. The second-order valence-corrected chi connectivity index (χ2v) is 4.93. The topological polar surface area (TPSA) is 47.0 Å². The molecule has 1 heterocycles. The van der Waals surface area contributed by atoms with Crippen LogP contribution in [0.25, 0.3) is 0 Å². The van der Waals surface area contributed by atoms with Crippen molar-refractivity contribution in [3.63, 3.8) is 0 Å². The summed E-state index contributed by atoms with van der Waals surface area (Å²) in [6.45, 7) is 0. The molecule has 0 atom stereocenters. The van der Waals surface area contributed by atoms with Crippen LogP contribution >= 0.6 is 15.9 Å². The van der Waals surface area contributed by atoms with Crippen molar-refractivity contribution in [3.8, 4) is 0 Å². The highest BCUT2D eigenvalue weighted by molar-refractivity contribution is 9.08. The molecule has 1 aromatic rings. The third-order valence-electron chi connectivity index (χ3n) is 1.33. The van der Waals surface area contributed by atoms with Gasteiger partial charge < -0.3 is 0 Å². The number of rotatable bonds is 2. The van der Waals surface area contributed by atoms with E-state index in [0.717, 1.165) is 11.8 Å². The number of halogens is 1. The Labute approximate surface area is 79.9 Å². The van der Waals surface area contributed by atoms with Crippen LogP contribution in [0.2, 0.25) is 0 Å². The lowest BCUT2D eigenvalue weighted by molar-refractivity contribution is 0.598. The Balaban J connectivity index is 3.20. The van der Waals surface area contributed by atoms with Crippen molar-refractivity contribution in [2.45, 2.75) is 10.4 Å².